The van der Waals surface area contributed by atoms with Crippen LogP contribution in [0.3, 0.4) is 0 Å². The lowest BCUT2D eigenvalue weighted by molar-refractivity contribution is -0.933. The number of carbonyl (C=O) groups is 1. The van der Waals surface area contributed by atoms with E-state index in [-0.39, 0.29) is 16.5 Å². The molecule has 1 aliphatic heterocycles. The van der Waals surface area contributed by atoms with Crippen molar-refractivity contribution in [2.24, 2.45) is 5.92 Å². The van der Waals surface area contributed by atoms with Crippen molar-refractivity contribution in [1.82, 2.24) is 15.9 Å². The maximum absolute atomic E-state index is 13.4. The zero-order chi connectivity index (χ0) is 23.0. The van der Waals surface area contributed by atoms with Crippen LogP contribution < -0.4 is 15.7 Å². The lowest BCUT2D eigenvalue weighted by Gasteiger charge is -2.42. The third-order valence-corrected chi connectivity index (χ3v) is 5.97. The molecule has 0 bridgehead atoms. The van der Waals surface area contributed by atoms with Crippen molar-refractivity contribution in [3.05, 3.63) is 65.5 Å². The summed E-state index contributed by atoms with van der Waals surface area (Å²) in [6.45, 7) is 7.85. The molecule has 174 valence electrons. The van der Waals surface area contributed by atoms with Gasteiger partial charge in [-0.2, -0.15) is 4.59 Å². The molecule has 7 heteroatoms. The van der Waals surface area contributed by atoms with Gasteiger partial charge in [0.25, 0.3) is 0 Å². The van der Waals surface area contributed by atoms with Crippen molar-refractivity contribution in [1.29, 1.82) is 0 Å². The molecule has 2 N–H and O–H groups in total. The van der Waals surface area contributed by atoms with E-state index in [0.717, 1.165) is 49.2 Å². The highest BCUT2D eigenvalue weighted by Gasteiger charge is 2.40. The highest BCUT2D eigenvalue weighted by molar-refractivity contribution is 5.38. The normalized spacial score (nSPS) is 17.3. The second-order valence-corrected chi connectivity index (χ2v) is 9.17. The maximum Gasteiger partial charge on any atom is 0.322 e. The first-order chi connectivity index (χ1) is 15.4. The SMILES string of the molecule is CC(C)COc1ccc(CNN[N+](C=O)(Cc2ccc(F)cc2)C2CCN(C)CC2)cc1. The summed E-state index contributed by atoms with van der Waals surface area (Å²) in [5.74, 6) is 1.07. The van der Waals surface area contributed by atoms with Gasteiger partial charge in [-0.3, -0.25) is 0 Å². The van der Waals surface area contributed by atoms with E-state index in [2.05, 4.69) is 36.8 Å². The molecule has 1 aliphatic rings. The summed E-state index contributed by atoms with van der Waals surface area (Å²) in [5, 5.41) is 0. The molecular weight excluding hydrogens is 407 g/mol. The third kappa shape index (κ3) is 6.84. The lowest BCUT2D eigenvalue weighted by atomic mass is 10.0. The van der Waals surface area contributed by atoms with Gasteiger partial charge < -0.3 is 9.64 Å². The highest BCUT2D eigenvalue weighted by atomic mass is 19.1. The van der Waals surface area contributed by atoms with Gasteiger partial charge in [0.15, 0.2) is 0 Å². The van der Waals surface area contributed by atoms with Crippen LogP contribution in [0.5, 0.6) is 5.75 Å². The van der Waals surface area contributed by atoms with Gasteiger partial charge in [0.05, 0.1) is 6.61 Å². The van der Waals surface area contributed by atoms with Gasteiger partial charge in [-0.05, 0) is 42.8 Å². The van der Waals surface area contributed by atoms with Gasteiger partial charge >= 0.3 is 6.41 Å². The number of piperidine rings is 1. The molecule has 1 atom stereocenters. The van der Waals surface area contributed by atoms with Crippen molar-refractivity contribution in [2.75, 3.05) is 26.7 Å². The average Bonchev–Trinajstić information content (AvgIpc) is 2.80. The van der Waals surface area contributed by atoms with Crippen LogP contribution in [0.4, 0.5) is 4.39 Å². The van der Waals surface area contributed by atoms with Gasteiger partial charge in [0, 0.05) is 38.0 Å². The molecule has 0 radical (unpaired) electrons. The van der Waals surface area contributed by atoms with Crippen LogP contribution in [-0.4, -0.2) is 48.7 Å². The fraction of sp³-hybridized carbons (Fsp3) is 0.480. The van der Waals surface area contributed by atoms with Crippen molar-refractivity contribution < 1.29 is 18.5 Å². The number of benzene rings is 2. The first kappa shape index (κ1) is 24.3. The van der Waals surface area contributed by atoms with E-state index >= 15 is 0 Å². The summed E-state index contributed by atoms with van der Waals surface area (Å²) in [5.41, 5.74) is 8.58. The second-order valence-electron chi connectivity index (χ2n) is 9.17. The van der Waals surface area contributed by atoms with Crippen molar-refractivity contribution in [2.45, 2.75) is 45.8 Å². The summed E-state index contributed by atoms with van der Waals surface area (Å²) in [6.07, 6.45) is 2.80. The molecule has 32 heavy (non-hydrogen) atoms. The fourth-order valence-electron chi connectivity index (χ4n) is 4.01. The molecule has 0 saturated carbocycles. The number of likely N-dealkylation sites (tertiary alicyclic amines) is 1. The van der Waals surface area contributed by atoms with E-state index in [0.29, 0.717) is 25.6 Å². The van der Waals surface area contributed by atoms with Gasteiger partial charge in [-0.15, -0.1) is 0 Å². The molecule has 1 heterocycles. The minimum Gasteiger partial charge on any atom is -0.493 e. The number of ether oxygens (including phenoxy) is 1. The first-order valence-electron chi connectivity index (χ1n) is 11.4. The minimum atomic E-state index is -0.274. The number of nitrogens with zero attached hydrogens (tertiary/aromatic N) is 2. The van der Waals surface area contributed by atoms with Crippen LogP contribution in [0.1, 0.15) is 37.8 Å². The first-order valence-corrected chi connectivity index (χ1v) is 11.4. The van der Waals surface area contributed by atoms with Crippen molar-refractivity contribution in [3.63, 3.8) is 0 Å². The summed E-state index contributed by atoms with van der Waals surface area (Å²) in [7, 11) is 2.10. The van der Waals surface area contributed by atoms with E-state index in [1.165, 1.54) is 12.1 Å². The average molecular weight is 444 g/mol. The molecule has 1 unspecified atom stereocenters. The molecule has 0 aliphatic carbocycles. The predicted octanol–water partition coefficient (Wildman–Crippen LogP) is 3.64. The Kier molecular flexibility index (Phi) is 8.75. The third-order valence-electron chi connectivity index (χ3n) is 5.97. The largest absolute Gasteiger partial charge is 0.493 e. The topological polar surface area (TPSA) is 53.6 Å². The van der Waals surface area contributed by atoms with Crippen LogP contribution in [-0.2, 0) is 17.9 Å². The number of hydrogen-bond donors (Lipinski definition) is 2. The van der Waals surface area contributed by atoms with Gasteiger partial charge in [0.2, 0.25) is 0 Å². The summed E-state index contributed by atoms with van der Waals surface area (Å²) in [4.78, 5) is 14.7. The Bertz CT molecular complexity index is 836. The zero-order valence-corrected chi connectivity index (χ0v) is 19.4. The quantitative estimate of drug-likeness (QED) is 0.316. The number of nitrogens with one attached hydrogen (secondary N) is 2. The maximum atomic E-state index is 13.4. The fourth-order valence-corrected chi connectivity index (χ4v) is 4.01. The molecular formula is C25H36FN4O2+. The number of quaternary nitrogens is 1. The summed E-state index contributed by atoms with van der Waals surface area (Å²) < 4.78 is 19.2. The van der Waals surface area contributed by atoms with Crippen LogP contribution in [0.25, 0.3) is 0 Å². The molecule has 6 nitrogen and oxygen atoms in total. The summed E-state index contributed by atoms with van der Waals surface area (Å²) in [6, 6.07) is 14.5. The van der Waals surface area contributed by atoms with E-state index in [4.69, 9.17) is 4.74 Å². The van der Waals surface area contributed by atoms with Crippen LogP contribution >= 0.6 is 0 Å². The molecule has 1 amide bonds. The van der Waals surface area contributed by atoms with Crippen LogP contribution in [0.2, 0.25) is 0 Å². The molecule has 0 spiro atoms. The van der Waals surface area contributed by atoms with E-state index in [1.807, 2.05) is 24.3 Å². The van der Waals surface area contributed by atoms with Gasteiger partial charge in [0.1, 0.15) is 24.2 Å². The van der Waals surface area contributed by atoms with E-state index < -0.39 is 0 Å². The zero-order valence-electron chi connectivity index (χ0n) is 19.4. The molecule has 2 aromatic rings. The Morgan fingerprint density at radius 3 is 2.31 bits per heavy atom. The van der Waals surface area contributed by atoms with Crippen molar-refractivity contribution >= 4 is 6.41 Å². The van der Waals surface area contributed by atoms with Crippen molar-refractivity contribution in [3.8, 4) is 5.75 Å². The molecule has 1 saturated heterocycles. The van der Waals surface area contributed by atoms with Gasteiger partial charge in [-0.25, -0.2) is 14.6 Å². The number of rotatable bonds is 11. The number of halogens is 1. The molecule has 0 aromatic heterocycles. The Balaban J connectivity index is 1.66. The van der Waals surface area contributed by atoms with E-state index in [9.17, 15) is 9.18 Å². The van der Waals surface area contributed by atoms with Gasteiger partial charge in [-0.1, -0.05) is 43.6 Å². The Morgan fingerprint density at radius 1 is 1.09 bits per heavy atom. The second kappa shape index (κ2) is 11.5. The number of hydrogen-bond acceptors (Lipinski definition) is 5. The van der Waals surface area contributed by atoms with Crippen LogP contribution in [0, 0.1) is 11.7 Å². The Morgan fingerprint density at radius 2 is 1.72 bits per heavy atom. The smallest absolute Gasteiger partial charge is 0.322 e. The number of carbonyl (C=O) groups excluding carboxylic acids is 1. The summed E-state index contributed by atoms with van der Waals surface area (Å²) >= 11 is 0. The predicted molar refractivity (Wildman–Crippen MR) is 124 cm³/mol. The van der Waals surface area contributed by atoms with E-state index in [1.54, 1.807) is 12.1 Å². The Labute approximate surface area is 190 Å². The molecule has 2 aromatic carbocycles. The number of hydrazine groups is 1. The lowest BCUT2D eigenvalue weighted by Crippen LogP contribution is -2.67. The Hall–Kier alpha value is -2.32. The number of amides is 1. The standard InChI is InChI=1S/C25H36FN4O2/c1-20(2)18-32-25-10-6-21(7-11-25)16-27-28-30(19-31,24-12-14-29(3)15-13-24)17-22-4-8-23(26)9-5-22/h4-11,19-20,24,27-28H,12-18H2,1-3H3/q+1. The highest BCUT2D eigenvalue weighted by Crippen LogP contribution is 2.23. The monoisotopic (exact) mass is 443 g/mol. The molecule has 1 fully saturated rings. The molecule has 3 rings (SSSR count). The minimum absolute atomic E-state index is 0.0645. The van der Waals surface area contributed by atoms with Crippen LogP contribution in [0.15, 0.2) is 48.5 Å².